The summed E-state index contributed by atoms with van der Waals surface area (Å²) in [6.07, 6.45) is 3.04. The van der Waals surface area contributed by atoms with Crippen molar-refractivity contribution in [3.63, 3.8) is 0 Å². The van der Waals surface area contributed by atoms with Crippen molar-refractivity contribution < 1.29 is 24.5 Å². The summed E-state index contributed by atoms with van der Waals surface area (Å²) in [7, 11) is 0. The maximum absolute atomic E-state index is 12.2. The number of carbonyl (C=O) groups excluding carboxylic acids is 1. The van der Waals surface area contributed by atoms with E-state index in [9.17, 15) is 9.90 Å². The van der Waals surface area contributed by atoms with E-state index >= 15 is 0 Å². The molecular weight excluding hydrogens is 416 g/mol. The van der Waals surface area contributed by atoms with Gasteiger partial charge < -0.3 is 25.2 Å². The van der Waals surface area contributed by atoms with E-state index in [1.807, 2.05) is 0 Å². The highest BCUT2D eigenvalue weighted by atomic mass is 16.5. The van der Waals surface area contributed by atoms with Crippen molar-refractivity contribution in [1.29, 1.82) is 5.26 Å². The van der Waals surface area contributed by atoms with Gasteiger partial charge in [-0.2, -0.15) is 15.0 Å². The molecule has 0 bridgehead atoms. The monoisotopic (exact) mass is 436 g/mol. The first kappa shape index (κ1) is 22.3. The number of rotatable bonds is 3. The quantitative estimate of drug-likeness (QED) is 0.527. The van der Waals surface area contributed by atoms with Gasteiger partial charge in [-0.3, -0.25) is 4.79 Å². The minimum atomic E-state index is -0.250. The predicted octanol–water partition coefficient (Wildman–Crippen LogP) is 2.08. The molecule has 1 aliphatic heterocycles. The average molecular weight is 436 g/mol. The van der Waals surface area contributed by atoms with Gasteiger partial charge in [-0.05, 0) is 29.8 Å². The van der Waals surface area contributed by atoms with E-state index in [1.165, 1.54) is 17.1 Å². The molecule has 2 aromatic heterocycles. The van der Waals surface area contributed by atoms with E-state index in [0.29, 0.717) is 48.9 Å². The van der Waals surface area contributed by atoms with Gasteiger partial charge in [-0.25, -0.2) is 9.78 Å². The number of hydrogen-bond acceptors (Lipinski definition) is 7. The molecule has 3 N–H and O–H groups in total. The number of nitrogens with zero attached hydrogens (tertiary/aromatic N) is 5. The summed E-state index contributed by atoms with van der Waals surface area (Å²) in [5.74, 6) is 0.346. The van der Waals surface area contributed by atoms with E-state index in [0.717, 1.165) is 5.56 Å². The number of aromatic nitrogens is 3. The van der Waals surface area contributed by atoms with Crippen LogP contribution in [0.15, 0.2) is 48.8 Å². The van der Waals surface area contributed by atoms with E-state index in [2.05, 4.69) is 21.5 Å². The van der Waals surface area contributed by atoms with Gasteiger partial charge in [-0.15, -0.1) is 0 Å². The number of nitriles is 1. The highest BCUT2D eigenvalue weighted by Gasteiger charge is 2.17. The van der Waals surface area contributed by atoms with Crippen molar-refractivity contribution in [1.82, 2.24) is 19.7 Å². The van der Waals surface area contributed by atoms with Crippen molar-refractivity contribution >= 4 is 18.2 Å². The molecule has 11 nitrogen and oxygen atoms in total. The standard InChI is InChI=1S/C20H18N6O3.CH2O2/c21-11-14-1-3-15(4-2-14)17-13-23-26(19(17)27)18-6-5-16(12-22-18)24-20(28)25-7-9-29-10-8-25;2-1-3/h1-6,12-13,27H,7-10H2,(H,24,28);1H,(H,2,3). The third kappa shape index (κ3) is 5.18. The lowest BCUT2D eigenvalue weighted by molar-refractivity contribution is -0.122. The van der Waals surface area contributed by atoms with Gasteiger partial charge in [0.1, 0.15) is 0 Å². The van der Waals surface area contributed by atoms with Crippen LogP contribution in [0.2, 0.25) is 0 Å². The Bertz CT molecular complexity index is 1100. The summed E-state index contributed by atoms with van der Waals surface area (Å²) in [5, 5.41) is 33.3. The summed E-state index contributed by atoms with van der Waals surface area (Å²) in [5.41, 5.74) is 2.35. The summed E-state index contributed by atoms with van der Waals surface area (Å²) in [4.78, 5) is 26.6. The smallest absolute Gasteiger partial charge is 0.322 e. The van der Waals surface area contributed by atoms with Crippen LogP contribution in [-0.4, -0.2) is 68.7 Å². The second-order valence-corrected chi connectivity index (χ2v) is 6.52. The van der Waals surface area contributed by atoms with Crippen molar-refractivity contribution in [3.8, 4) is 28.9 Å². The number of carbonyl (C=O) groups is 2. The Morgan fingerprint density at radius 1 is 1.16 bits per heavy atom. The molecule has 0 unspecified atom stereocenters. The van der Waals surface area contributed by atoms with Gasteiger partial charge in [0.05, 0.1) is 48.5 Å². The lowest BCUT2D eigenvalue weighted by Crippen LogP contribution is -2.43. The van der Waals surface area contributed by atoms with Crippen LogP contribution < -0.4 is 5.32 Å². The van der Waals surface area contributed by atoms with Crippen LogP contribution in [0.5, 0.6) is 5.88 Å². The number of benzene rings is 1. The minimum Gasteiger partial charge on any atom is -0.493 e. The third-order valence-electron chi connectivity index (χ3n) is 4.58. The number of aromatic hydroxyl groups is 1. The van der Waals surface area contributed by atoms with Crippen LogP contribution in [0.1, 0.15) is 5.56 Å². The summed E-state index contributed by atoms with van der Waals surface area (Å²) < 4.78 is 6.55. The molecule has 4 rings (SSSR count). The topological polar surface area (TPSA) is 154 Å². The molecule has 3 heterocycles. The number of nitrogens with one attached hydrogen (secondary N) is 1. The van der Waals surface area contributed by atoms with Gasteiger partial charge >= 0.3 is 6.03 Å². The average Bonchev–Trinajstić information content (AvgIpc) is 3.22. The fourth-order valence-electron chi connectivity index (χ4n) is 2.99. The highest BCUT2D eigenvalue weighted by molar-refractivity contribution is 5.89. The molecule has 1 fully saturated rings. The van der Waals surface area contributed by atoms with Crippen molar-refractivity contribution in [2.75, 3.05) is 31.6 Å². The van der Waals surface area contributed by atoms with Gasteiger partial charge in [0.25, 0.3) is 6.47 Å². The second kappa shape index (κ2) is 10.6. The Balaban J connectivity index is 0.000000913. The largest absolute Gasteiger partial charge is 0.493 e. The molecule has 1 saturated heterocycles. The number of anilines is 1. The first-order valence-corrected chi connectivity index (χ1v) is 9.53. The number of morpholine rings is 1. The molecule has 0 atom stereocenters. The van der Waals surface area contributed by atoms with Crippen LogP contribution in [0, 0.1) is 11.3 Å². The Kier molecular flexibility index (Phi) is 7.34. The van der Waals surface area contributed by atoms with E-state index in [-0.39, 0.29) is 18.4 Å². The molecule has 2 amide bonds. The second-order valence-electron chi connectivity index (χ2n) is 6.52. The molecule has 0 aliphatic carbocycles. The lowest BCUT2D eigenvalue weighted by Gasteiger charge is -2.26. The summed E-state index contributed by atoms with van der Waals surface area (Å²) in [6, 6.07) is 12.1. The number of hydrogen-bond donors (Lipinski definition) is 3. The van der Waals surface area contributed by atoms with Crippen molar-refractivity contribution in [2.24, 2.45) is 0 Å². The fourth-order valence-corrected chi connectivity index (χ4v) is 2.99. The third-order valence-corrected chi connectivity index (χ3v) is 4.58. The predicted molar refractivity (Wildman–Crippen MR) is 113 cm³/mol. The molecule has 0 spiro atoms. The van der Waals surface area contributed by atoms with E-state index in [4.69, 9.17) is 19.9 Å². The molecule has 0 saturated carbocycles. The maximum Gasteiger partial charge on any atom is 0.322 e. The SMILES string of the molecule is N#Cc1ccc(-c2cnn(-c3ccc(NC(=O)N4CCOCC4)cn3)c2O)cc1.O=CO. The molecule has 164 valence electrons. The Labute approximate surface area is 183 Å². The Morgan fingerprint density at radius 3 is 2.44 bits per heavy atom. The normalized spacial score (nSPS) is 12.8. The first-order chi connectivity index (χ1) is 15.6. The molecule has 1 aliphatic rings. The van der Waals surface area contributed by atoms with Gasteiger partial charge in [0.15, 0.2) is 5.82 Å². The van der Waals surface area contributed by atoms with Crippen LogP contribution in [-0.2, 0) is 9.53 Å². The van der Waals surface area contributed by atoms with Crippen molar-refractivity contribution in [2.45, 2.75) is 0 Å². The zero-order chi connectivity index (χ0) is 22.9. The van der Waals surface area contributed by atoms with Crippen LogP contribution in [0.3, 0.4) is 0 Å². The fraction of sp³-hybridized carbons (Fsp3) is 0.190. The molecule has 0 radical (unpaired) electrons. The molecule has 1 aromatic carbocycles. The van der Waals surface area contributed by atoms with Gasteiger partial charge in [0, 0.05) is 13.1 Å². The number of pyridine rings is 1. The minimum absolute atomic E-state index is 0.0627. The van der Waals surface area contributed by atoms with Crippen LogP contribution >= 0.6 is 0 Å². The van der Waals surface area contributed by atoms with Crippen LogP contribution in [0.4, 0.5) is 10.5 Å². The molecule has 32 heavy (non-hydrogen) atoms. The zero-order valence-electron chi connectivity index (χ0n) is 16.9. The summed E-state index contributed by atoms with van der Waals surface area (Å²) >= 11 is 0. The van der Waals surface area contributed by atoms with Gasteiger partial charge in [-0.1, -0.05) is 12.1 Å². The molecule has 3 aromatic rings. The van der Waals surface area contributed by atoms with Gasteiger partial charge in [0.2, 0.25) is 5.88 Å². The maximum atomic E-state index is 12.2. The first-order valence-electron chi connectivity index (χ1n) is 9.53. The zero-order valence-corrected chi connectivity index (χ0v) is 16.9. The lowest BCUT2D eigenvalue weighted by atomic mass is 10.1. The van der Waals surface area contributed by atoms with E-state index in [1.54, 1.807) is 41.3 Å². The summed E-state index contributed by atoms with van der Waals surface area (Å²) in [6.45, 7) is 1.92. The molecular formula is C21H20N6O5. The van der Waals surface area contributed by atoms with Crippen LogP contribution in [0.25, 0.3) is 16.9 Å². The number of amides is 2. The number of ether oxygens (including phenoxy) is 1. The van der Waals surface area contributed by atoms with Crippen molar-refractivity contribution in [3.05, 3.63) is 54.4 Å². The Morgan fingerprint density at radius 2 is 1.84 bits per heavy atom. The van der Waals surface area contributed by atoms with E-state index < -0.39 is 0 Å². The highest BCUT2D eigenvalue weighted by Crippen LogP contribution is 2.30. The number of urea groups is 1. The Hall–Kier alpha value is -4.43. The number of carboxylic acid groups (broad SMARTS) is 1. The molecule has 11 heteroatoms.